The molecule has 0 aliphatic rings. The molecule has 6 heteroatoms. The Morgan fingerprint density at radius 3 is 2.84 bits per heavy atom. The minimum atomic E-state index is -0.806. The molecule has 0 saturated heterocycles. The van der Waals surface area contributed by atoms with E-state index >= 15 is 0 Å². The lowest BCUT2D eigenvalue weighted by molar-refractivity contribution is 0.669. The third kappa shape index (κ3) is 3.30. The van der Waals surface area contributed by atoms with E-state index < -0.39 is 10.8 Å². The van der Waals surface area contributed by atoms with E-state index in [-0.39, 0.29) is 5.38 Å². The van der Waals surface area contributed by atoms with E-state index in [0.29, 0.717) is 23.1 Å². The zero-order valence-corrected chi connectivity index (χ0v) is 13.2. The second-order valence-electron chi connectivity index (χ2n) is 4.30. The Morgan fingerprint density at radius 1 is 1.47 bits per heavy atom. The fraction of sp³-hybridized carbons (Fsp3) is 0.462. The number of alkyl halides is 1. The number of hydrogen-bond donors (Lipinski definition) is 0. The highest BCUT2D eigenvalue weighted by atomic mass is 35.5. The second-order valence-corrected chi connectivity index (χ2v) is 7.26. The fourth-order valence-electron chi connectivity index (χ4n) is 1.99. The summed E-state index contributed by atoms with van der Waals surface area (Å²) in [5.41, 5.74) is 1.82. The van der Waals surface area contributed by atoms with Gasteiger partial charge >= 0.3 is 0 Å². The Bertz CT molecular complexity index is 610. The average Bonchev–Trinajstić information content (AvgIpc) is 2.74. The number of halogens is 2. The topological polar surface area (TPSA) is 34.9 Å². The smallest absolute Gasteiger partial charge is 0.127 e. The number of fused-ring (bicyclic) bond motifs is 1. The molecule has 0 aliphatic heterocycles. The van der Waals surface area contributed by atoms with Crippen molar-refractivity contribution in [3.05, 3.63) is 29.0 Å². The number of benzene rings is 1. The molecule has 2 rings (SSSR count). The summed E-state index contributed by atoms with van der Waals surface area (Å²) in [5, 5.41) is 0.472. The van der Waals surface area contributed by atoms with Crippen molar-refractivity contribution in [2.24, 2.45) is 0 Å². The number of aryl methyl sites for hydroxylation is 1. The van der Waals surface area contributed by atoms with E-state index in [2.05, 4.69) is 4.98 Å². The highest BCUT2D eigenvalue weighted by Gasteiger charge is 2.15. The summed E-state index contributed by atoms with van der Waals surface area (Å²) in [4.78, 5) is 4.53. The van der Waals surface area contributed by atoms with Crippen LogP contribution in [0.3, 0.4) is 0 Å². The number of aromatic nitrogens is 2. The van der Waals surface area contributed by atoms with Gasteiger partial charge in [-0.3, -0.25) is 4.21 Å². The summed E-state index contributed by atoms with van der Waals surface area (Å²) in [7, 11) is -0.806. The van der Waals surface area contributed by atoms with E-state index in [1.807, 2.05) is 36.6 Å². The van der Waals surface area contributed by atoms with Crippen LogP contribution in [0.15, 0.2) is 18.2 Å². The quantitative estimate of drug-likeness (QED) is 0.787. The van der Waals surface area contributed by atoms with Gasteiger partial charge in [0.15, 0.2) is 0 Å². The van der Waals surface area contributed by atoms with Crippen molar-refractivity contribution in [2.45, 2.75) is 25.8 Å². The maximum atomic E-state index is 11.6. The number of hydrogen-bond acceptors (Lipinski definition) is 2. The Hall–Kier alpha value is -0.580. The molecular formula is C13H16Cl2N2OS. The van der Waals surface area contributed by atoms with Gasteiger partial charge in [-0.15, -0.1) is 11.6 Å². The maximum Gasteiger partial charge on any atom is 0.127 e. The van der Waals surface area contributed by atoms with Gasteiger partial charge in [-0.1, -0.05) is 18.5 Å². The number of imidazole rings is 1. The van der Waals surface area contributed by atoms with Gasteiger partial charge in [-0.25, -0.2) is 4.98 Å². The van der Waals surface area contributed by atoms with Crippen molar-refractivity contribution in [1.29, 1.82) is 0 Å². The first-order chi connectivity index (χ1) is 9.02. The highest BCUT2D eigenvalue weighted by molar-refractivity contribution is 7.84. The first-order valence-corrected chi connectivity index (χ1v) is 8.48. The molecule has 0 bridgehead atoms. The fourth-order valence-corrected chi connectivity index (χ4v) is 3.00. The van der Waals surface area contributed by atoms with E-state index in [4.69, 9.17) is 23.2 Å². The molecule has 3 nitrogen and oxygen atoms in total. The lowest BCUT2D eigenvalue weighted by Gasteiger charge is -2.10. The van der Waals surface area contributed by atoms with Crippen molar-refractivity contribution < 1.29 is 4.21 Å². The van der Waals surface area contributed by atoms with Crippen molar-refractivity contribution in [3.63, 3.8) is 0 Å². The molecule has 1 aromatic heterocycles. The van der Waals surface area contributed by atoms with Crippen molar-refractivity contribution in [3.8, 4) is 0 Å². The zero-order chi connectivity index (χ0) is 14.0. The van der Waals surface area contributed by atoms with E-state index in [1.54, 1.807) is 0 Å². The van der Waals surface area contributed by atoms with Gasteiger partial charge in [0.2, 0.25) is 0 Å². The molecule has 0 amide bonds. The summed E-state index contributed by atoms with van der Waals surface area (Å²) in [6.45, 7) is 4.45. The molecule has 2 atom stereocenters. The van der Waals surface area contributed by atoms with E-state index in [0.717, 1.165) is 16.9 Å². The molecule has 0 aliphatic carbocycles. The van der Waals surface area contributed by atoms with Gasteiger partial charge < -0.3 is 4.57 Å². The average molecular weight is 319 g/mol. The summed E-state index contributed by atoms with van der Waals surface area (Å²) >= 11 is 12.2. The molecular weight excluding hydrogens is 303 g/mol. The standard InChI is InChI=1S/C13H16Cl2N2OS/c1-3-19(18)7-6-17-12-8-10(15)4-5-11(12)16-13(17)9(2)14/h4-5,8-9H,3,6-7H2,1-2H3. The number of rotatable bonds is 5. The van der Waals surface area contributed by atoms with Gasteiger partial charge in [-0.2, -0.15) is 0 Å². The zero-order valence-electron chi connectivity index (χ0n) is 10.9. The molecule has 0 N–H and O–H groups in total. The lowest BCUT2D eigenvalue weighted by atomic mass is 10.3. The Labute approximate surface area is 125 Å². The first kappa shape index (κ1) is 14.8. The lowest BCUT2D eigenvalue weighted by Crippen LogP contribution is -2.12. The third-order valence-corrected chi connectivity index (χ3v) is 4.67. The minimum Gasteiger partial charge on any atom is -0.326 e. The Morgan fingerprint density at radius 2 is 2.21 bits per heavy atom. The monoisotopic (exact) mass is 318 g/mol. The van der Waals surface area contributed by atoms with Crippen LogP contribution in [0.1, 0.15) is 25.0 Å². The molecule has 0 spiro atoms. The van der Waals surface area contributed by atoms with Crippen LogP contribution in [-0.2, 0) is 17.3 Å². The largest absolute Gasteiger partial charge is 0.326 e. The molecule has 2 aromatic rings. The van der Waals surface area contributed by atoms with Crippen LogP contribution in [0.25, 0.3) is 11.0 Å². The summed E-state index contributed by atoms with van der Waals surface area (Å²) in [5.74, 6) is 2.07. The third-order valence-electron chi connectivity index (χ3n) is 2.96. The van der Waals surface area contributed by atoms with Crippen molar-refractivity contribution in [1.82, 2.24) is 9.55 Å². The molecule has 1 aromatic carbocycles. The second kappa shape index (κ2) is 6.25. The van der Waals surface area contributed by atoms with E-state index in [1.165, 1.54) is 0 Å². The van der Waals surface area contributed by atoms with Gasteiger partial charge in [-0.05, 0) is 25.1 Å². The summed E-state index contributed by atoms with van der Waals surface area (Å²) < 4.78 is 13.6. The highest BCUT2D eigenvalue weighted by Crippen LogP contribution is 2.26. The summed E-state index contributed by atoms with van der Waals surface area (Å²) in [6, 6.07) is 5.57. The van der Waals surface area contributed by atoms with Crippen LogP contribution >= 0.6 is 23.2 Å². The SMILES string of the molecule is CCS(=O)CCn1c(C(C)Cl)nc2ccc(Cl)cc21. The molecule has 0 saturated carbocycles. The number of nitrogens with zero attached hydrogens (tertiary/aromatic N) is 2. The maximum absolute atomic E-state index is 11.6. The van der Waals surface area contributed by atoms with Crippen molar-refractivity contribution in [2.75, 3.05) is 11.5 Å². The van der Waals surface area contributed by atoms with Crippen LogP contribution < -0.4 is 0 Å². The Balaban J connectivity index is 2.45. The van der Waals surface area contributed by atoms with Crippen LogP contribution in [0, 0.1) is 0 Å². The molecule has 2 unspecified atom stereocenters. The van der Waals surface area contributed by atoms with Crippen molar-refractivity contribution >= 4 is 45.0 Å². The predicted molar refractivity (Wildman–Crippen MR) is 82.6 cm³/mol. The molecule has 19 heavy (non-hydrogen) atoms. The van der Waals surface area contributed by atoms with Crippen LogP contribution in [0.5, 0.6) is 0 Å². The first-order valence-electron chi connectivity index (χ1n) is 6.17. The van der Waals surface area contributed by atoms with E-state index in [9.17, 15) is 4.21 Å². The van der Waals surface area contributed by atoms with Crippen LogP contribution in [-0.4, -0.2) is 25.3 Å². The molecule has 0 fully saturated rings. The van der Waals surface area contributed by atoms with Gasteiger partial charge in [0.25, 0.3) is 0 Å². The molecule has 0 radical (unpaired) electrons. The molecule has 1 heterocycles. The van der Waals surface area contributed by atoms with Gasteiger partial charge in [0.05, 0.1) is 16.4 Å². The molecule has 104 valence electrons. The minimum absolute atomic E-state index is 0.193. The van der Waals surface area contributed by atoms with Crippen LogP contribution in [0.4, 0.5) is 0 Å². The van der Waals surface area contributed by atoms with Gasteiger partial charge in [0, 0.05) is 33.9 Å². The predicted octanol–water partition coefficient (Wildman–Crippen LogP) is 3.76. The van der Waals surface area contributed by atoms with Gasteiger partial charge in [0.1, 0.15) is 5.82 Å². The summed E-state index contributed by atoms with van der Waals surface area (Å²) in [6.07, 6.45) is 0. The normalized spacial score (nSPS) is 14.7. The Kier molecular flexibility index (Phi) is 4.87. The van der Waals surface area contributed by atoms with Crippen LogP contribution in [0.2, 0.25) is 5.02 Å².